The highest BCUT2D eigenvalue weighted by Crippen LogP contribution is 2.29. The predicted octanol–water partition coefficient (Wildman–Crippen LogP) is 2.61. The van der Waals surface area contributed by atoms with E-state index in [2.05, 4.69) is 33.8 Å². The topological polar surface area (TPSA) is 46.9 Å². The zero-order chi connectivity index (χ0) is 14.7. The van der Waals surface area contributed by atoms with Gasteiger partial charge in [0.15, 0.2) is 0 Å². The number of nitrogens with one attached hydrogen (secondary N) is 1. The number of carbonyl (C=O) groups excluding carboxylic acids is 1. The van der Waals surface area contributed by atoms with Crippen molar-refractivity contribution in [1.82, 2.24) is 15.1 Å². The monoisotopic (exact) mass is 281 g/mol. The number of aromatic nitrogens is 2. The Morgan fingerprint density at radius 1 is 1.43 bits per heavy atom. The van der Waals surface area contributed by atoms with Gasteiger partial charge in [-0.2, -0.15) is 5.10 Å². The van der Waals surface area contributed by atoms with Crippen LogP contribution in [0.25, 0.3) is 0 Å². The van der Waals surface area contributed by atoms with E-state index in [-0.39, 0.29) is 11.9 Å². The molecular formula is C17H19N3O. The molecule has 0 saturated carbocycles. The van der Waals surface area contributed by atoms with Gasteiger partial charge in [-0.15, -0.1) is 0 Å². The van der Waals surface area contributed by atoms with E-state index in [0.29, 0.717) is 0 Å². The van der Waals surface area contributed by atoms with Crippen molar-refractivity contribution in [2.24, 2.45) is 0 Å². The summed E-state index contributed by atoms with van der Waals surface area (Å²) in [7, 11) is 0. The fourth-order valence-corrected chi connectivity index (χ4v) is 2.89. The lowest BCUT2D eigenvalue weighted by molar-refractivity contribution is -0.117. The summed E-state index contributed by atoms with van der Waals surface area (Å²) in [4.78, 5) is 11.5. The molecule has 108 valence electrons. The van der Waals surface area contributed by atoms with E-state index in [1.165, 1.54) is 17.3 Å². The molecule has 0 aliphatic heterocycles. The number of hydrogen-bond donors (Lipinski definition) is 1. The van der Waals surface area contributed by atoms with Crippen molar-refractivity contribution in [1.29, 1.82) is 0 Å². The molecule has 0 fully saturated rings. The molecule has 4 heteroatoms. The van der Waals surface area contributed by atoms with Gasteiger partial charge in [-0.1, -0.05) is 36.9 Å². The van der Waals surface area contributed by atoms with Gasteiger partial charge in [0.1, 0.15) is 0 Å². The van der Waals surface area contributed by atoms with Crippen molar-refractivity contribution in [2.45, 2.75) is 31.8 Å². The number of benzene rings is 1. The zero-order valence-electron chi connectivity index (χ0n) is 12.0. The molecule has 1 aliphatic rings. The van der Waals surface area contributed by atoms with Crippen molar-refractivity contribution in [3.63, 3.8) is 0 Å². The number of carbonyl (C=O) groups is 1. The maximum atomic E-state index is 11.5. The van der Waals surface area contributed by atoms with E-state index in [0.717, 1.165) is 31.4 Å². The number of amides is 1. The molecule has 3 rings (SSSR count). The highest BCUT2D eigenvalue weighted by atomic mass is 16.1. The summed E-state index contributed by atoms with van der Waals surface area (Å²) in [6, 6.07) is 10.4. The molecule has 0 unspecified atom stereocenters. The largest absolute Gasteiger partial charge is 0.346 e. The molecule has 1 heterocycles. The summed E-state index contributed by atoms with van der Waals surface area (Å²) in [5.74, 6) is -0.122. The van der Waals surface area contributed by atoms with Gasteiger partial charge < -0.3 is 5.32 Å². The van der Waals surface area contributed by atoms with Crippen molar-refractivity contribution in [2.75, 3.05) is 0 Å². The maximum Gasteiger partial charge on any atom is 0.243 e. The Bertz CT molecular complexity index is 645. The van der Waals surface area contributed by atoms with Crippen LogP contribution in [-0.2, 0) is 17.8 Å². The zero-order valence-corrected chi connectivity index (χ0v) is 12.0. The fourth-order valence-electron chi connectivity index (χ4n) is 2.89. The van der Waals surface area contributed by atoms with Gasteiger partial charge in [0.25, 0.3) is 0 Å². The van der Waals surface area contributed by atoms with Crippen molar-refractivity contribution < 1.29 is 4.79 Å². The van der Waals surface area contributed by atoms with E-state index >= 15 is 0 Å². The van der Waals surface area contributed by atoms with Gasteiger partial charge in [-0.25, -0.2) is 0 Å². The molecule has 1 atom stereocenters. The van der Waals surface area contributed by atoms with Gasteiger partial charge >= 0.3 is 0 Å². The Morgan fingerprint density at radius 2 is 2.24 bits per heavy atom. The number of fused-ring (bicyclic) bond motifs is 1. The Morgan fingerprint density at radius 3 is 3.00 bits per heavy atom. The standard InChI is InChI=1S/C17H19N3O/c1-2-17(21)19-15-9-6-10-16-14(15)11-18-20(16)12-13-7-4-3-5-8-13/h2-5,7-8,11,15H,1,6,9-10,12H2,(H,19,21)/t15-/m1/s1. The molecule has 1 aromatic carbocycles. The molecular weight excluding hydrogens is 262 g/mol. The Labute approximate surface area is 124 Å². The minimum Gasteiger partial charge on any atom is -0.346 e. The summed E-state index contributed by atoms with van der Waals surface area (Å²) in [6.07, 6.45) is 6.26. The molecule has 0 saturated heterocycles. The first-order chi connectivity index (χ1) is 10.3. The average Bonchev–Trinajstić information content (AvgIpc) is 2.92. The molecule has 21 heavy (non-hydrogen) atoms. The third kappa shape index (κ3) is 2.89. The van der Waals surface area contributed by atoms with E-state index in [4.69, 9.17) is 0 Å². The molecule has 1 amide bonds. The van der Waals surface area contributed by atoms with Crippen LogP contribution in [0.4, 0.5) is 0 Å². The average molecular weight is 281 g/mol. The van der Waals surface area contributed by atoms with Gasteiger partial charge in [-0.3, -0.25) is 9.48 Å². The highest BCUT2D eigenvalue weighted by molar-refractivity contribution is 5.87. The molecule has 1 aromatic heterocycles. The van der Waals surface area contributed by atoms with Crippen LogP contribution in [0.5, 0.6) is 0 Å². The quantitative estimate of drug-likeness (QED) is 0.876. The Balaban J connectivity index is 1.83. The van der Waals surface area contributed by atoms with Crippen molar-refractivity contribution in [3.8, 4) is 0 Å². The number of hydrogen-bond acceptors (Lipinski definition) is 2. The lowest BCUT2D eigenvalue weighted by atomic mass is 9.93. The van der Waals surface area contributed by atoms with E-state index in [1.807, 2.05) is 24.4 Å². The normalized spacial score (nSPS) is 17.0. The van der Waals surface area contributed by atoms with Crippen molar-refractivity contribution >= 4 is 5.91 Å². The molecule has 1 aliphatic carbocycles. The first kappa shape index (κ1) is 13.6. The third-order valence-electron chi connectivity index (χ3n) is 3.94. The lowest BCUT2D eigenvalue weighted by Gasteiger charge is -2.23. The minimum atomic E-state index is -0.122. The Hall–Kier alpha value is -2.36. The maximum absolute atomic E-state index is 11.5. The fraction of sp³-hybridized carbons (Fsp3) is 0.294. The molecule has 2 aromatic rings. The molecule has 0 spiro atoms. The first-order valence-corrected chi connectivity index (χ1v) is 7.29. The Kier molecular flexibility index (Phi) is 3.86. The number of rotatable bonds is 4. The minimum absolute atomic E-state index is 0.0590. The molecule has 4 nitrogen and oxygen atoms in total. The summed E-state index contributed by atoms with van der Waals surface area (Å²) in [5, 5.41) is 7.51. The van der Waals surface area contributed by atoms with Crippen LogP contribution in [0.3, 0.4) is 0 Å². The smallest absolute Gasteiger partial charge is 0.243 e. The second-order valence-electron chi connectivity index (χ2n) is 5.35. The first-order valence-electron chi connectivity index (χ1n) is 7.29. The highest BCUT2D eigenvalue weighted by Gasteiger charge is 2.24. The van der Waals surface area contributed by atoms with Crippen LogP contribution in [0.15, 0.2) is 49.2 Å². The van der Waals surface area contributed by atoms with Gasteiger partial charge in [-0.05, 0) is 30.9 Å². The van der Waals surface area contributed by atoms with E-state index in [1.54, 1.807) is 0 Å². The van der Waals surface area contributed by atoms with Gasteiger partial charge in [0, 0.05) is 11.3 Å². The second kappa shape index (κ2) is 5.95. The lowest BCUT2D eigenvalue weighted by Crippen LogP contribution is -2.29. The molecule has 0 radical (unpaired) electrons. The van der Waals surface area contributed by atoms with E-state index in [9.17, 15) is 4.79 Å². The van der Waals surface area contributed by atoms with Crippen molar-refractivity contribution in [3.05, 3.63) is 66.0 Å². The third-order valence-corrected chi connectivity index (χ3v) is 3.94. The predicted molar refractivity (Wildman–Crippen MR) is 81.8 cm³/mol. The summed E-state index contributed by atoms with van der Waals surface area (Å²) < 4.78 is 2.05. The van der Waals surface area contributed by atoms with Crippen LogP contribution >= 0.6 is 0 Å². The molecule has 1 N–H and O–H groups in total. The van der Waals surface area contributed by atoms with Crippen LogP contribution in [-0.4, -0.2) is 15.7 Å². The second-order valence-corrected chi connectivity index (χ2v) is 5.35. The number of nitrogens with zero attached hydrogens (tertiary/aromatic N) is 2. The van der Waals surface area contributed by atoms with Gasteiger partial charge in [0.05, 0.1) is 18.8 Å². The summed E-state index contributed by atoms with van der Waals surface area (Å²) in [5.41, 5.74) is 3.62. The van der Waals surface area contributed by atoms with E-state index < -0.39 is 0 Å². The van der Waals surface area contributed by atoms with Crippen LogP contribution in [0, 0.1) is 0 Å². The van der Waals surface area contributed by atoms with Crippen LogP contribution < -0.4 is 5.32 Å². The molecule has 0 bridgehead atoms. The van der Waals surface area contributed by atoms with Crippen LogP contribution in [0.2, 0.25) is 0 Å². The summed E-state index contributed by atoms with van der Waals surface area (Å²) in [6.45, 7) is 4.29. The van der Waals surface area contributed by atoms with Crippen LogP contribution in [0.1, 0.15) is 35.7 Å². The SMILES string of the molecule is C=CC(=O)N[C@@H]1CCCc2c1cnn2Cc1ccccc1. The summed E-state index contributed by atoms with van der Waals surface area (Å²) >= 11 is 0. The van der Waals surface area contributed by atoms with Gasteiger partial charge in [0.2, 0.25) is 5.91 Å².